The molecule has 3 N–H and O–H groups in total. The Morgan fingerprint density at radius 1 is 1.16 bits per heavy atom. The quantitative estimate of drug-likeness (QED) is 0.615. The zero-order valence-corrected chi connectivity index (χ0v) is 18.0. The predicted octanol–water partition coefficient (Wildman–Crippen LogP) is 3.34. The molecule has 0 spiro atoms. The first-order valence-corrected chi connectivity index (χ1v) is 10.4. The van der Waals surface area contributed by atoms with E-state index in [-0.39, 0.29) is 12.5 Å². The van der Waals surface area contributed by atoms with Gasteiger partial charge in [0.2, 0.25) is 11.8 Å². The van der Waals surface area contributed by atoms with Crippen LogP contribution in [0.3, 0.4) is 0 Å². The Bertz CT molecular complexity index is 1050. The summed E-state index contributed by atoms with van der Waals surface area (Å²) in [5, 5.41) is 11.5. The first-order chi connectivity index (χ1) is 15.5. The number of rotatable bonds is 8. The van der Waals surface area contributed by atoms with E-state index in [1.807, 2.05) is 12.1 Å². The van der Waals surface area contributed by atoms with Crippen molar-refractivity contribution in [2.75, 3.05) is 37.0 Å². The molecule has 8 heteroatoms. The Hall–Kier alpha value is -3.99. The zero-order chi connectivity index (χ0) is 22.9. The molecule has 8 nitrogen and oxygen atoms in total. The van der Waals surface area contributed by atoms with Crippen molar-refractivity contribution in [2.24, 2.45) is 5.73 Å². The number of carbonyl (C=O) groups excluding carboxylic acids is 2. The highest BCUT2D eigenvalue weighted by molar-refractivity contribution is 6.05. The van der Waals surface area contributed by atoms with Crippen LogP contribution in [0.15, 0.2) is 42.5 Å². The number of carbonyl (C=O) groups is 2. The van der Waals surface area contributed by atoms with E-state index in [0.717, 1.165) is 37.2 Å². The van der Waals surface area contributed by atoms with Gasteiger partial charge in [0.1, 0.15) is 6.07 Å². The molecule has 0 aliphatic carbocycles. The maximum Gasteiger partial charge on any atom is 0.248 e. The van der Waals surface area contributed by atoms with Crippen molar-refractivity contribution in [3.8, 4) is 17.6 Å². The van der Waals surface area contributed by atoms with Gasteiger partial charge in [-0.25, -0.2) is 0 Å². The number of hydrogen-bond acceptors (Lipinski definition) is 6. The molecule has 0 unspecified atom stereocenters. The van der Waals surface area contributed by atoms with Crippen molar-refractivity contribution < 1.29 is 19.1 Å². The first-order valence-electron chi connectivity index (χ1n) is 10.4. The van der Waals surface area contributed by atoms with Gasteiger partial charge in [0.05, 0.1) is 18.5 Å². The van der Waals surface area contributed by atoms with E-state index >= 15 is 0 Å². The molecule has 1 aliphatic rings. The molecule has 1 saturated heterocycles. The molecule has 166 valence electrons. The summed E-state index contributed by atoms with van der Waals surface area (Å²) in [4.78, 5) is 26.5. The minimum atomic E-state index is -0.549. The molecular weight excluding hydrogens is 408 g/mol. The van der Waals surface area contributed by atoms with Crippen LogP contribution in [0.25, 0.3) is 6.08 Å². The second kappa shape index (κ2) is 10.9. The minimum Gasteiger partial charge on any atom is -0.493 e. The molecule has 0 radical (unpaired) electrons. The number of hydrogen-bond donors (Lipinski definition) is 2. The monoisotopic (exact) mass is 434 g/mol. The Morgan fingerprint density at radius 3 is 2.62 bits per heavy atom. The lowest BCUT2D eigenvalue weighted by Gasteiger charge is -2.30. The molecule has 0 aromatic heterocycles. The molecule has 1 aliphatic heterocycles. The first kappa shape index (κ1) is 22.7. The number of primary amides is 1. The number of methoxy groups -OCH3 is 1. The molecule has 2 aromatic rings. The predicted molar refractivity (Wildman–Crippen MR) is 123 cm³/mol. The summed E-state index contributed by atoms with van der Waals surface area (Å²) >= 11 is 0. The van der Waals surface area contributed by atoms with Crippen molar-refractivity contribution in [3.63, 3.8) is 0 Å². The van der Waals surface area contributed by atoms with Gasteiger partial charge in [-0.05, 0) is 61.2 Å². The topological polar surface area (TPSA) is 118 Å². The van der Waals surface area contributed by atoms with Crippen LogP contribution in [0.2, 0.25) is 0 Å². The summed E-state index contributed by atoms with van der Waals surface area (Å²) in [6.45, 7) is 1.71. The smallest absolute Gasteiger partial charge is 0.248 e. The van der Waals surface area contributed by atoms with Gasteiger partial charge >= 0.3 is 0 Å². The van der Waals surface area contributed by atoms with Gasteiger partial charge in [-0.1, -0.05) is 6.07 Å². The van der Waals surface area contributed by atoms with Crippen molar-refractivity contribution >= 4 is 29.3 Å². The van der Waals surface area contributed by atoms with Gasteiger partial charge in [-0.15, -0.1) is 0 Å². The summed E-state index contributed by atoms with van der Waals surface area (Å²) in [7, 11) is 1.50. The fraction of sp³-hybridized carbons (Fsp3) is 0.292. The number of nitriles is 1. The Balaban J connectivity index is 1.77. The average Bonchev–Trinajstić information content (AvgIpc) is 2.82. The Labute approximate surface area is 187 Å². The number of amides is 2. The highest BCUT2D eigenvalue weighted by Gasteiger charge is 2.17. The van der Waals surface area contributed by atoms with Crippen LogP contribution >= 0.6 is 0 Å². The van der Waals surface area contributed by atoms with Crippen LogP contribution in [0.4, 0.5) is 11.4 Å². The lowest BCUT2D eigenvalue weighted by Crippen LogP contribution is -2.30. The fourth-order valence-corrected chi connectivity index (χ4v) is 3.56. The number of nitrogens with zero attached hydrogens (tertiary/aromatic N) is 2. The number of piperidine rings is 1. The zero-order valence-electron chi connectivity index (χ0n) is 18.0. The van der Waals surface area contributed by atoms with E-state index in [2.05, 4.69) is 10.2 Å². The SMILES string of the molecule is COc1cc(C=CC(=O)Nc2cc(C(N)=O)ccc2N2CCCCC2)ccc1OCC#N. The number of nitrogens with one attached hydrogen (secondary N) is 1. The molecule has 2 amide bonds. The van der Waals surface area contributed by atoms with Gasteiger partial charge in [0.15, 0.2) is 18.1 Å². The van der Waals surface area contributed by atoms with Gasteiger partial charge in [-0.3, -0.25) is 9.59 Å². The standard InChI is InChI=1S/C24H26N4O4/c1-31-22-15-17(5-9-21(22)32-14-11-25)6-10-23(29)27-19-16-18(24(26)30)7-8-20(19)28-12-3-2-4-13-28/h5-10,15-16H,2-4,12-14H2,1H3,(H2,26,30)(H,27,29). The molecule has 0 atom stereocenters. The summed E-state index contributed by atoms with van der Waals surface area (Å²) in [6.07, 6.45) is 6.40. The molecule has 0 bridgehead atoms. The lowest BCUT2D eigenvalue weighted by molar-refractivity contribution is -0.111. The molecule has 32 heavy (non-hydrogen) atoms. The molecule has 1 heterocycles. The third-order valence-electron chi connectivity index (χ3n) is 5.14. The third kappa shape index (κ3) is 5.79. The van der Waals surface area contributed by atoms with E-state index in [1.54, 1.807) is 36.4 Å². The third-order valence-corrected chi connectivity index (χ3v) is 5.14. The van der Waals surface area contributed by atoms with Gasteiger partial charge in [0, 0.05) is 24.7 Å². The van der Waals surface area contributed by atoms with E-state index in [1.165, 1.54) is 19.6 Å². The number of nitrogens with two attached hydrogens (primary N) is 1. The Kier molecular flexibility index (Phi) is 7.70. The average molecular weight is 434 g/mol. The maximum atomic E-state index is 12.6. The maximum absolute atomic E-state index is 12.6. The van der Waals surface area contributed by atoms with Gasteiger partial charge < -0.3 is 25.4 Å². The van der Waals surface area contributed by atoms with Crippen molar-refractivity contribution in [1.82, 2.24) is 0 Å². The second-order valence-electron chi connectivity index (χ2n) is 7.32. The number of benzene rings is 2. The Morgan fingerprint density at radius 2 is 1.94 bits per heavy atom. The van der Waals surface area contributed by atoms with E-state index in [0.29, 0.717) is 22.7 Å². The highest BCUT2D eigenvalue weighted by Crippen LogP contribution is 2.30. The van der Waals surface area contributed by atoms with E-state index < -0.39 is 5.91 Å². The van der Waals surface area contributed by atoms with Crippen molar-refractivity contribution in [1.29, 1.82) is 5.26 Å². The number of ether oxygens (including phenoxy) is 2. The van der Waals surface area contributed by atoms with Crippen LogP contribution in [-0.2, 0) is 4.79 Å². The molecule has 0 saturated carbocycles. The molecule has 3 rings (SSSR count). The van der Waals surface area contributed by atoms with Crippen molar-refractivity contribution in [2.45, 2.75) is 19.3 Å². The van der Waals surface area contributed by atoms with Crippen LogP contribution < -0.4 is 25.4 Å². The highest BCUT2D eigenvalue weighted by atomic mass is 16.5. The molecule has 1 fully saturated rings. The second-order valence-corrected chi connectivity index (χ2v) is 7.32. The minimum absolute atomic E-state index is 0.0856. The van der Waals surface area contributed by atoms with Crippen LogP contribution in [0.1, 0.15) is 35.2 Å². The van der Waals surface area contributed by atoms with E-state index in [4.69, 9.17) is 20.5 Å². The molecule has 2 aromatic carbocycles. The normalized spacial score (nSPS) is 13.4. The molecular formula is C24H26N4O4. The lowest BCUT2D eigenvalue weighted by atomic mass is 10.1. The summed E-state index contributed by atoms with van der Waals surface area (Å²) in [5.41, 5.74) is 7.91. The van der Waals surface area contributed by atoms with Gasteiger partial charge in [-0.2, -0.15) is 5.26 Å². The number of anilines is 2. The van der Waals surface area contributed by atoms with Gasteiger partial charge in [0.25, 0.3) is 0 Å². The van der Waals surface area contributed by atoms with Crippen molar-refractivity contribution in [3.05, 3.63) is 53.6 Å². The van der Waals surface area contributed by atoms with E-state index in [9.17, 15) is 9.59 Å². The van der Waals surface area contributed by atoms with Crippen LogP contribution in [0.5, 0.6) is 11.5 Å². The summed E-state index contributed by atoms with van der Waals surface area (Å²) in [5.74, 6) is 0.0233. The summed E-state index contributed by atoms with van der Waals surface area (Å²) in [6, 6.07) is 12.2. The van der Waals surface area contributed by atoms with Crippen LogP contribution in [-0.4, -0.2) is 38.6 Å². The fourth-order valence-electron chi connectivity index (χ4n) is 3.56. The van der Waals surface area contributed by atoms with Crippen LogP contribution in [0, 0.1) is 11.3 Å². The largest absolute Gasteiger partial charge is 0.493 e. The summed E-state index contributed by atoms with van der Waals surface area (Å²) < 4.78 is 10.6.